The minimum absolute atomic E-state index is 0.0161. The fourth-order valence-electron chi connectivity index (χ4n) is 4.94. The first-order valence-electron chi connectivity index (χ1n) is 15.1. The third-order valence-corrected chi connectivity index (χ3v) is 7.35. The summed E-state index contributed by atoms with van der Waals surface area (Å²) >= 11 is 0. The fourth-order valence-corrected chi connectivity index (χ4v) is 4.94. The van der Waals surface area contributed by atoms with E-state index in [0.717, 1.165) is 32.1 Å². The van der Waals surface area contributed by atoms with E-state index in [4.69, 9.17) is 9.47 Å². The van der Waals surface area contributed by atoms with E-state index in [1.165, 1.54) is 30.5 Å². The highest BCUT2D eigenvalue weighted by Gasteiger charge is 2.21. The topological polar surface area (TPSA) is 152 Å². The number of nitrogens with zero attached hydrogens (tertiary/aromatic N) is 1. The zero-order valence-corrected chi connectivity index (χ0v) is 25.3. The number of benzene rings is 4. The molecule has 0 heterocycles. The third-order valence-electron chi connectivity index (χ3n) is 7.35. The summed E-state index contributed by atoms with van der Waals surface area (Å²) in [6.45, 7) is 0. The Hall–Kier alpha value is -6.10. The number of hydrazone groups is 1. The van der Waals surface area contributed by atoms with Crippen molar-refractivity contribution >= 4 is 41.6 Å². The Kier molecular flexibility index (Phi) is 10.8. The molecule has 1 aliphatic rings. The first-order valence-corrected chi connectivity index (χ1v) is 15.1. The van der Waals surface area contributed by atoms with Gasteiger partial charge in [0.15, 0.2) is 0 Å². The van der Waals surface area contributed by atoms with Crippen molar-refractivity contribution in [3.05, 3.63) is 125 Å². The molecule has 4 aromatic carbocycles. The second kappa shape index (κ2) is 15.8. The number of hydrogen-bond donors (Lipinski definition) is 3. The fraction of sp³-hybridized carbons (Fsp3) is 0.167. The van der Waals surface area contributed by atoms with Crippen molar-refractivity contribution in [2.24, 2.45) is 5.10 Å². The molecular weight excluding hydrogens is 600 g/mol. The van der Waals surface area contributed by atoms with Crippen LogP contribution in [-0.2, 0) is 9.59 Å². The van der Waals surface area contributed by atoms with Crippen molar-refractivity contribution in [2.75, 3.05) is 5.32 Å². The molecule has 11 heteroatoms. The number of rotatable bonds is 9. The summed E-state index contributed by atoms with van der Waals surface area (Å²) in [6.07, 6.45) is 6.21. The number of nitrogens with one attached hydrogen (secondary N) is 3. The van der Waals surface area contributed by atoms with E-state index in [-0.39, 0.29) is 45.8 Å². The lowest BCUT2D eigenvalue weighted by Gasteiger charge is -2.23. The predicted octanol–water partition coefficient (Wildman–Crippen LogP) is 5.28. The van der Waals surface area contributed by atoms with Crippen LogP contribution in [0, 0.1) is 0 Å². The van der Waals surface area contributed by atoms with Gasteiger partial charge in [-0.15, -0.1) is 0 Å². The van der Waals surface area contributed by atoms with Crippen LogP contribution in [0.5, 0.6) is 11.5 Å². The molecule has 5 rings (SSSR count). The van der Waals surface area contributed by atoms with Gasteiger partial charge in [0.25, 0.3) is 5.91 Å². The summed E-state index contributed by atoms with van der Waals surface area (Å²) in [7, 11) is 0. The molecule has 0 bridgehead atoms. The van der Waals surface area contributed by atoms with Crippen LogP contribution in [0.1, 0.15) is 68.7 Å². The first kappa shape index (κ1) is 32.3. The lowest BCUT2D eigenvalue weighted by atomic mass is 9.95. The normalized spacial score (nSPS) is 12.9. The number of esters is 2. The van der Waals surface area contributed by atoms with Gasteiger partial charge in [-0.25, -0.2) is 15.0 Å². The molecule has 0 aliphatic heterocycles. The summed E-state index contributed by atoms with van der Waals surface area (Å²) < 4.78 is 11.0. The Bertz CT molecular complexity index is 1790. The Morgan fingerprint density at radius 2 is 1.30 bits per heavy atom. The Labute approximate surface area is 271 Å². The molecule has 0 atom stereocenters. The first-order chi connectivity index (χ1) is 22.9. The van der Waals surface area contributed by atoms with E-state index in [1.807, 2.05) is 0 Å². The molecule has 1 saturated carbocycles. The third kappa shape index (κ3) is 8.98. The summed E-state index contributed by atoms with van der Waals surface area (Å²) in [5, 5.41) is 9.33. The average molecular weight is 633 g/mol. The highest BCUT2D eigenvalue weighted by atomic mass is 16.5. The lowest BCUT2D eigenvalue weighted by Crippen LogP contribution is -2.37. The molecule has 11 nitrogen and oxygen atoms in total. The van der Waals surface area contributed by atoms with Gasteiger partial charge >= 0.3 is 23.8 Å². The molecule has 1 fully saturated rings. The Balaban J connectivity index is 1.26. The molecule has 0 radical (unpaired) electrons. The molecule has 0 aromatic heterocycles. The van der Waals surface area contributed by atoms with Crippen molar-refractivity contribution in [3.63, 3.8) is 0 Å². The molecule has 0 spiro atoms. The zero-order valence-electron chi connectivity index (χ0n) is 25.3. The zero-order chi connectivity index (χ0) is 33.0. The summed E-state index contributed by atoms with van der Waals surface area (Å²) in [5.41, 5.74) is 3.40. The maximum Gasteiger partial charge on any atom is 0.343 e. The number of ether oxygens (including phenoxy) is 2. The van der Waals surface area contributed by atoms with Crippen LogP contribution in [0.4, 0.5) is 5.69 Å². The van der Waals surface area contributed by atoms with Gasteiger partial charge in [-0.1, -0.05) is 67.8 Å². The van der Waals surface area contributed by atoms with Gasteiger partial charge < -0.3 is 20.1 Å². The van der Waals surface area contributed by atoms with E-state index in [2.05, 4.69) is 21.2 Å². The molecule has 4 aromatic rings. The van der Waals surface area contributed by atoms with Gasteiger partial charge in [0.2, 0.25) is 0 Å². The number of anilines is 1. The van der Waals surface area contributed by atoms with Crippen LogP contribution in [0.25, 0.3) is 0 Å². The molecule has 1 aliphatic carbocycles. The minimum atomic E-state index is -1.10. The van der Waals surface area contributed by atoms with Crippen LogP contribution in [0.2, 0.25) is 0 Å². The van der Waals surface area contributed by atoms with Gasteiger partial charge in [0.05, 0.1) is 28.6 Å². The van der Waals surface area contributed by atoms with Crippen molar-refractivity contribution in [3.8, 4) is 11.5 Å². The highest BCUT2D eigenvalue weighted by molar-refractivity contribution is 6.40. The number of hydrogen-bond acceptors (Lipinski definition) is 8. The predicted molar refractivity (Wildman–Crippen MR) is 174 cm³/mol. The summed E-state index contributed by atoms with van der Waals surface area (Å²) in [4.78, 5) is 63.6. The summed E-state index contributed by atoms with van der Waals surface area (Å²) in [5.74, 6) is -3.68. The molecule has 238 valence electrons. The number of carbonyl (C=O) groups is 5. The SMILES string of the molecule is O=C(N/N=C\c1ccc(OC(=O)c2ccccc2)cc1OC(=O)c1ccccc1)C(=O)Nc1ccccc1C(=O)NC1CCCCC1. The van der Waals surface area contributed by atoms with Gasteiger partial charge in [0, 0.05) is 17.7 Å². The number of carbonyl (C=O) groups excluding carboxylic acids is 5. The van der Waals surface area contributed by atoms with E-state index < -0.39 is 23.8 Å². The van der Waals surface area contributed by atoms with Gasteiger partial charge in [0.1, 0.15) is 11.5 Å². The van der Waals surface area contributed by atoms with E-state index in [1.54, 1.807) is 78.9 Å². The maximum absolute atomic E-state index is 12.9. The van der Waals surface area contributed by atoms with Gasteiger partial charge in [-0.2, -0.15) is 5.10 Å². The van der Waals surface area contributed by atoms with Gasteiger partial charge in [-0.05, 0) is 61.4 Å². The lowest BCUT2D eigenvalue weighted by molar-refractivity contribution is -0.136. The van der Waals surface area contributed by atoms with E-state index >= 15 is 0 Å². The number of para-hydroxylation sites is 1. The number of amides is 3. The van der Waals surface area contributed by atoms with Crippen LogP contribution in [0.3, 0.4) is 0 Å². The molecular formula is C36H32N4O7. The second-order valence-electron chi connectivity index (χ2n) is 10.7. The standard InChI is InChI=1S/C36H32N4O7/c41-32(38-27-16-8-3-9-17-27)29-18-10-11-19-30(29)39-33(42)34(43)40-37-23-26-20-21-28(46-35(44)24-12-4-1-5-13-24)22-31(26)47-36(45)25-14-6-2-7-15-25/h1-2,4-7,10-15,18-23,27H,3,8-9,16-17H2,(H,38,41)(H,39,42)(H,40,43)/b37-23-. The smallest absolute Gasteiger partial charge is 0.343 e. The van der Waals surface area contributed by atoms with Gasteiger partial charge in [-0.3, -0.25) is 14.4 Å². The molecule has 0 unspecified atom stereocenters. The largest absolute Gasteiger partial charge is 0.423 e. The van der Waals surface area contributed by atoms with Crippen molar-refractivity contribution < 1.29 is 33.4 Å². The van der Waals surface area contributed by atoms with Crippen molar-refractivity contribution in [1.29, 1.82) is 0 Å². The van der Waals surface area contributed by atoms with Crippen LogP contribution in [0.15, 0.2) is 108 Å². The van der Waals surface area contributed by atoms with Crippen LogP contribution < -0.4 is 25.5 Å². The average Bonchev–Trinajstić information content (AvgIpc) is 3.10. The maximum atomic E-state index is 12.9. The van der Waals surface area contributed by atoms with E-state index in [0.29, 0.717) is 5.56 Å². The molecule has 3 N–H and O–H groups in total. The Morgan fingerprint density at radius 3 is 1.98 bits per heavy atom. The van der Waals surface area contributed by atoms with Crippen molar-refractivity contribution in [1.82, 2.24) is 10.7 Å². The second-order valence-corrected chi connectivity index (χ2v) is 10.7. The molecule has 47 heavy (non-hydrogen) atoms. The Morgan fingerprint density at radius 1 is 0.681 bits per heavy atom. The van der Waals surface area contributed by atoms with E-state index in [9.17, 15) is 24.0 Å². The minimum Gasteiger partial charge on any atom is -0.423 e. The van der Waals surface area contributed by atoms with Crippen LogP contribution in [-0.4, -0.2) is 41.9 Å². The molecule has 3 amide bonds. The highest BCUT2D eigenvalue weighted by Crippen LogP contribution is 2.26. The monoisotopic (exact) mass is 632 g/mol. The van der Waals surface area contributed by atoms with Crippen LogP contribution >= 0.6 is 0 Å². The van der Waals surface area contributed by atoms with Crippen molar-refractivity contribution in [2.45, 2.75) is 38.1 Å². The summed E-state index contributed by atoms with van der Waals surface area (Å²) in [6, 6.07) is 27.4. The molecule has 0 saturated heterocycles. The quantitative estimate of drug-likeness (QED) is 0.0747.